The summed E-state index contributed by atoms with van der Waals surface area (Å²) in [6.45, 7) is 6.46. The number of rotatable bonds is 6. The minimum Gasteiger partial charge on any atom is -0.373 e. The minimum atomic E-state index is -2.49. The largest absolute Gasteiger partial charge is 0.517 e. The highest BCUT2D eigenvalue weighted by molar-refractivity contribution is 7.80. The van der Waals surface area contributed by atoms with Gasteiger partial charge in [0.25, 0.3) is 0 Å². The Morgan fingerprint density at radius 1 is 1.47 bits per heavy atom. The molecule has 6 heteroatoms. The molecule has 0 radical (unpaired) electrons. The Kier molecular flexibility index (Phi) is 7.73. The molecule has 1 N–H and O–H groups in total. The van der Waals surface area contributed by atoms with Gasteiger partial charge in [0.2, 0.25) is 0 Å². The molecule has 4 nitrogen and oxygen atoms in total. The maximum Gasteiger partial charge on any atom is 0.517 e. The van der Waals surface area contributed by atoms with Crippen LogP contribution < -0.4 is 5.48 Å². The highest BCUT2D eigenvalue weighted by atomic mass is 32.1. The summed E-state index contributed by atoms with van der Waals surface area (Å²) in [5, 5.41) is 0. The van der Waals surface area contributed by atoms with Gasteiger partial charge in [0.15, 0.2) is 0 Å². The van der Waals surface area contributed by atoms with Gasteiger partial charge in [0.05, 0.1) is 0 Å². The first-order chi connectivity index (χ1) is 8.26. The molecule has 102 valence electrons. The number of hydrogen-bond donors (Lipinski definition) is 2. The molecule has 17 heavy (non-hydrogen) atoms. The van der Waals surface area contributed by atoms with E-state index in [0.29, 0.717) is 12.5 Å². The molecule has 1 aliphatic rings. The van der Waals surface area contributed by atoms with E-state index in [-0.39, 0.29) is 0 Å². The van der Waals surface area contributed by atoms with Gasteiger partial charge in [0, 0.05) is 25.8 Å². The van der Waals surface area contributed by atoms with Crippen LogP contribution in [0.3, 0.4) is 0 Å². The van der Waals surface area contributed by atoms with Crippen molar-refractivity contribution in [2.24, 2.45) is 5.92 Å². The summed E-state index contributed by atoms with van der Waals surface area (Å²) < 4.78 is 17.5. The monoisotopic (exact) mass is 279 g/mol. The fourth-order valence-corrected chi connectivity index (χ4v) is 4.74. The number of thiol groups is 1. The van der Waals surface area contributed by atoms with E-state index in [0.717, 1.165) is 44.2 Å². The smallest absolute Gasteiger partial charge is 0.373 e. The van der Waals surface area contributed by atoms with Crippen molar-refractivity contribution in [3.05, 3.63) is 0 Å². The molecule has 0 spiro atoms. The first-order valence-electron chi connectivity index (χ1n) is 6.56. The van der Waals surface area contributed by atoms with Crippen LogP contribution in [-0.2, 0) is 13.4 Å². The van der Waals surface area contributed by atoms with Gasteiger partial charge in [-0.25, -0.2) is 5.48 Å². The number of nitrogens with one attached hydrogen (secondary N) is 1. The van der Waals surface area contributed by atoms with Crippen molar-refractivity contribution >= 4 is 21.4 Å². The Balaban J connectivity index is 2.51. The second kappa shape index (κ2) is 8.50. The van der Waals surface area contributed by atoms with Gasteiger partial charge in [0.1, 0.15) is 0 Å². The first kappa shape index (κ1) is 15.5. The summed E-state index contributed by atoms with van der Waals surface area (Å²) in [5.74, 6) is 1.47. The molecule has 2 unspecified atom stereocenters. The standard InChI is InChI=1S/C11H25NO3SSi/c1-3-11-6-7-14-17(13-4-2,9-5-8-16)15-12-10-11/h11-12,16H,3-10H2,1-2H3. The lowest BCUT2D eigenvalue weighted by atomic mass is 10.0. The van der Waals surface area contributed by atoms with Crippen LogP contribution in [0.15, 0.2) is 0 Å². The first-order valence-corrected chi connectivity index (χ1v) is 9.12. The van der Waals surface area contributed by atoms with Gasteiger partial charge >= 0.3 is 8.80 Å². The molecule has 0 bridgehead atoms. The summed E-state index contributed by atoms with van der Waals surface area (Å²) in [4.78, 5) is 0. The van der Waals surface area contributed by atoms with Crippen LogP contribution in [0.25, 0.3) is 0 Å². The zero-order valence-corrected chi connectivity index (χ0v) is 12.8. The molecule has 0 aromatic rings. The highest BCUT2D eigenvalue weighted by Crippen LogP contribution is 2.21. The maximum atomic E-state index is 5.94. The van der Waals surface area contributed by atoms with E-state index in [1.807, 2.05) is 6.92 Å². The molecule has 1 fully saturated rings. The van der Waals surface area contributed by atoms with Crippen LogP contribution in [0.4, 0.5) is 0 Å². The van der Waals surface area contributed by atoms with E-state index >= 15 is 0 Å². The highest BCUT2D eigenvalue weighted by Gasteiger charge is 2.42. The maximum absolute atomic E-state index is 5.94. The third kappa shape index (κ3) is 5.28. The zero-order chi connectivity index (χ0) is 12.6. The topological polar surface area (TPSA) is 39.7 Å². The zero-order valence-electron chi connectivity index (χ0n) is 10.9. The van der Waals surface area contributed by atoms with Crippen molar-refractivity contribution in [2.75, 3.05) is 25.5 Å². The molecule has 0 amide bonds. The second-order valence-corrected chi connectivity index (χ2v) is 7.40. The van der Waals surface area contributed by atoms with Crippen LogP contribution in [-0.4, -0.2) is 34.3 Å². The minimum absolute atomic E-state index is 0.633. The van der Waals surface area contributed by atoms with Gasteiger partial charge in [-0.05, 0) is 31.4 Å². The summed E-state index contributed by atoms with van der Waals surface area (Å²) >= 11 is 4.24. The van der Waals surface area contributed by atoms with Crippen molar-refractivity contribution < 1.29 is 13.4 Å². The molecular weight excluding hydrogens is 254 g/mol. The summed E-state index contributed by atoms with van der Waals surface area (Å²) in [5.41, 5.74) is 3.06. The van der Waals surface area contributed by atoms with Crippen molar-refractivity contribution in [1.82, 2.24) is 5.48 Å². The van der Waals surface area contributed by atoms with Crippen molar-refractivity contribution in [3.63, 3.8) is 0 Å². The van der Waals surface area contributed by atoms with Crippen molar-refractivity contribution in [3.8, 4) is 0 Å². The van der Waals surface area contributed by atoms with E-state index in [9.17, 15) is 0 Å². The van der Waals surface area contributed by atoms with Gasteiger partial charge in [-0.15, -0.1) is 0 Å². The van der Waals surface area contributed by atoms with E-state index in [2.05, 4.69) is 25.0 Å². The van der Waals surface area contributed by atoms with E-state index in [4.69, 9.17) is 13.4 Å². The molecule has 1 saturated heterocycles. The van der Waals surface area contributed by atoms with Gasteiger partial charge in [-0.1, -0.05) is 13.3 Å². The lowest BCUT2D eigenvalue weighted by molar-refractivity contribution is -0.000873. The second-order valence-electron chi connectivity index (χ2n) is 4.31. The average molecular weight is 279 g/mol. The third-order valence-electron chi connectivity index (χ3n) is 3.03. The predicted molar refractivity (Wildman–Crippen MR) is 74.1 cm³/mol. The molecular formula is C11H25NO3SSi. The van der Waals surface area contributed by atoms with Crippen LogP contribution in [0.1, 0.15) is 33.1 Å². The lowest BCUT2D eigenvalue weighted by Crippen LogP contribution is -2.52. The fraction of sp³-hybridized carbons (Fsp3) is 1.00. The SMILES string of the molecule is CCO[Si]1(CCCS)OCCC(CC)CNO1. The van der Waals surface area contributed by atoms with E-state index < -0.39 is 8.80 Å². The molecule has 1 aliphatic heterocycles. The normalized spacial score (nSPS) is 30.9. The van der Waals surface area contributed by atoms with Crippen LogP contribution in [0, 0.1) is 5.92 Å². The van der Waals surface area contributed by atoms with E-state index in [1.165, 1.54) is 0 Å². The van der Waals surface area contributed by atoms with Gasteiger partial charge < -0.3 is 8.85 Å². The van der Waals surface area contributed by atoms with Gasteiger partial charge in [-0.2, -0.15) is 12.6 Å². The van der Waals surface area contributed by atoms with Crippen molar-refractivity contribution in [2.45, 2.75) is 39.2 Å². The molecule has 0 aromatic heterocycles. The Morgan fingerprint density at radius 3 is 2.94 bits per heavy atom. The summed E-state index contributed by atoms with van der Waals surface area (Å²) in [6.07, 6.45) is 3.20. The molecule has 2 atom stereocenters. The third-order valence-corrected chi connectivity index (χ3v) is 6.14. The van der Waals surface area contributed by atoms with Gasteiger partial charge in [-0.3, -0.25) is 4.53 Å². The Morgan fingerprint density at radius 2 is 2.29 bits per heavy atom. The number of hydroxylamine groups is 1. The molecule has 0 aliphatic carbocycles. The summed E-state index contributed by atoms with van der Waals surface area (Å²) in [7, 11) is -2.49. The van der Waals surface area contributed by atoms with Crippen LogP contribution >= 0.6 is 12.6 Å². The molecule has 0 saturated carbocycles. The van der Waals surface area contributed by atoms with Crippen LogP contribution in [0.2, 0.25) is 6.04 Å². The predicted octanol–water partition coefficient (Wildman–Crippen LogP) is 2.25. The van der Waals surface area contributed by atoms with E-state index in [1.54, 1.807) is 0 Å². The Labute approximate surface area is 111 Å². The fourth-order valence-electron chi connectivity index (χ4n) is 1.91. The van der Waals surface area contributed by atoms with Crippen LogP contribution in [0.5, 0.6) is 0 Å². The van der Waals surface area contributed by atoms with Crippen molar-refractivity contribution in [1.29, 1.82) is 0 Å². The number of hydrogen-bond acceptors (Lipinski definition) is 5. The molecule has 0 aromatic carbocycles. The average Bonchev–Trinajstić information content (AvgIpc) is 2.31. The molecule has 1 rings (SSSR count). The lowest BCUT2D eigenvalue weighted by Gasteiger charge is -2.32. The Bertz CT molecular complexity index is 199. The Hall–Kier alpha value is 0.407. The summed E-state index contributed by atoms with van der Waals surface area (Å²) in [6, 6.07) is 0.841. The quantitative estimate of drug-likeness (QED) is 0.578. The molecule has 1 heterocycles.